The maximum Gasteiger partial charge on any atom is 0.117 e. The van der Waals surface area contributed by atoms with Crippen molar-refractivity contribution in [2.75, 3.05) is 13.1 Å². The van der Waals surface area contributed by atoms with E-state index in [1.54, 1.807) is 18.2 Å². The van der Waals surface area contributed by atoms with Gasteiger partial charge in [0.1, 0.15) is 5.75 Å². The van der Waals surface area contributed by atoms with E-state index in [2.05, 4.69) is 56.3 Å². The molecular formula is C33H45N3O. The van der Waals surface area contributed by atoms with Gasteiger partial charge in [-0.1, -0.05) is 63.6 Å². The fourth-order valence-corrected chi connectivity index (χ4v) is 6.06. The second kappa shape index (κ2) is 12.6. The third-order valence-corrected chi connectivity index (χ3v) is 8.39. The molecule has 1 atom stereocenters. The molecular weight excluding hydrogens is 454 g/mol. The van der Waals surface area contributed by atoms with Gasteiger partial charge in [-0.05, 0) is 82.2 Å². The SMILES string of the molecule is C=C/C=C\C(=C/C)c1nc2cc(O)ccc2c(C(=C)N[C@@H](C)C2CCCCC2)c1CN1CCC(C)CC1. The molecule has 198 valence electrons. The average molecular weight is 500 g/mol. The molecule has 1 saturated carbocycles. The number of phenolic OH excluding ortho intramolecular Hbond substituents is 1. The van der Waals surface area contributed by atoms with Gasteiger partial charge in [-0.3, -0.25) is 4.90 Å². The van der Waals surface area contributed by atoms with Crippen molar-refractivity contribution in [3.63, 3.8) is 0 Å². The van der Waals surface area contributed by atoms with Gasteiger partial charge in [0, 0.05) is 40.9 Å². The number of aromatic nitrogens is 1. The van der Waals surface area contributed by atoms with Crippen molar-refractivity contribution in [3.8, 4) is 5.75 Å². The Balaban J connectivity index is 1.83. The van der Waals surface area contributed by atoms with Gasteiger partial charge in [-0.15, -0.1) is 0 Å². The molecule has 0 radical (unpaired) electrons. The molecule has 0 bridgehead atoms. The number of pyridine rings is 1. The van der Waals surface area contributed by atoms with Crippen molar-refractivity contribution < 1.29 is 5.11 Å². The first-order chi connectivity index (χ1) is 17.9. The van der Waals surface area contributed by atoms with E-state index in [4.69, 9.17) is 4.98 Å². The number of hydrogen-bond donors (Lipinski definition) is 2. The number of nitrogens with zero attached hydrogens (tertiary/aromatic N) is 2. The molecule has 4 rings (SSSR count). The minimum atomic E-state index is 0.229. The molecule has 2 heterocycles. The van der Waals surface area contributed by atoms with Gasteiger partial charge in [0.2, 0.25) is 0 Å². The standard InChI is InChI=1S/C33H45N3O/c1-6-8-12-26(7-2)33-30(22-36-19-17-23(3)18-20-36)32(29-16-15-28(37)21-31(29)35-33)25(5)34-24(4)27-13-10-9-11-14-27/h6-8,12,15-16,21,23-24,27,34,37H,1,5,9-11,13-14,17-20,22H2,2-4H3/b12-8-,26-7+/t24-/m0/s1. The lowest BCUT2D eigenvalue weighted by Crippen LogP contribution is -2.35. The van der Waals surface area contributed by atoms with Crippen molar-refractivity contribution in [2.24, 2.45) is 11.8 Å². The summed E-state index contributed by atoms with van der Waals surface area (Å²) in [6.07, 6.45) is 17.0. The lowest BCUT2D eigenvalue weighted by molar-refractivity contribution is 0.185. The first-order valence-corrected chi connectivity index (χ1v) is 14.2. The Morgan fingerprint density at radius 1 is 1.19 bits per heavy atom. The maximum atomic E-state index is 10.3. The number of rotatable bonds is 9. The number of fused-ring (bicyclic) bond motifs is 1. The number of aromatic hydroxyl groups is 1. The van der Waals surface area contributed by atoms with Crippen LogP contribution in [0.15, 0.2) is 55.7 Å². The average Bonchev–Trinajstić information content (AvgIpc) is 2.90. The Morgan fingerprint density at radius 2 is 1.92 bits per heavy atom. The van der Waals surface area contributed by atoms with E-state index in [0.29, 0.717) is 12.0 Å². The van der Waals surface area contributed by atoms with Crippen molar-refractivity contribution in [2.45, 2.75) is 78.3 Å². The summed E-state index contributed by atoms with van der Waals surface area (Å²) in [4.78, 5) is 7.71. The van der Waals surface area contributed by atoms with Crippen LogP contribution >= 0.6 is 0 Å². The van der Waals surface area contributed by atoms with Gasteiger partial charge in [-0.2, -0.15) is 0 Å². The van der Waals surface area contributed by atoms with E-state index in [-0.39, 0.29) is 5.75 Å². The number of phenols is 1. The number of allylic oxidation sites excluding steroid dienone is 5. The van der Waals surface area contributed by atoms with E-state index in [1.165, 1.54) is 50.5 Å². The molecule has 4 nitrogen and oxygen atoms in total. The minimum absolute atomic E-state index is 0.229. The van der Waals surface area contributed by atoms with Crippen LogP contribution in [0.3, 0.4) is 0 Å². The van der Waals surface area contributed by atoms with Crippen molar-refractivity contribution in [3.05, 3.63) is 72.5 Å². The molecule has 2 aliphatic rings. The van der Waals surface area contributed by atoms with Crippen molar-refractivity contribution in [1.82, 2.24) is 15.2 Å². The van der Waals surface area contributed by atoms with E-state index < -0.39 is 0 Å². The molecule has 0 unspecified atom stereocenters. The molecule has 1 aromatic carbocycles. The quantitative estimate of drug-likeness (QED) is 0.345. The molecule has 0 amide bonds. The summed E-state index contributed by atoms with van der Waals surface area (Å²) in [5, 5.41) is 15.2. The number of likely N-dealkylation sites (tertiary alicyclic amines) is 1. The Hall–Kier alpha value is -2.85. The molecule has 4 heteroatoms. The lowest BCUT2D eigenvalue weighted by atomic mass is 9.84. The Morgan fingerprint density at radius 3 is 2.59 bits per heavy atom. The summed E-state index contributed by atoms with van der Waals surface area (Å²) in [5.74, 6) is 1.69. The highest BCUT2D eigenvalue weighted by Crippen LogP contribution is 2.36. The summed E-state index contributed by atoms with van der Waals surface area (Å²) < 4.78 is 0. The second-order valence-electron chi connectivity index (χ2n) is 11.1. The van der Waals surface area contributed by atoms with Crippen molar-refractivity contribution in [1.29, 1.82) is 0 Å². The normalized spacial score (nSPS) is 19.4. The molecule has 0 spiro atoms. The van der Waals surface area contributed by atoms with Crippen LogP contribution in [-0.4, -0.2) is 34.1 Å². The third-order valence-electron chi connectivity index (χ3n) is 8.39. The molecule has 2 fully saturated rings. The van der Waals surface area contributed by atoms with Crippen LogP contribution in [0.1, 0.15) is 82.5 Å². The van der Waals surface area contributed by atoms with E-state index >= 15 is 0 Å². The topological polar surface area (TPSA) is 48.4 Å². The lowest BCUT2D eigenvalue weighted by Gasteiger charge is -2.33. The fraction of sp³-hybridized carbons (Fsp3) is 0.485. The smallest absolute Gasteiger partial charge is 0.117 e. The minimum Gasteiger partial charge on any atom is -0.508 e. The molecule has 1 aromatic heterocycles. The zero-order valence-electron chi connectivity index (χ0n) is 23.1. The highest BCUT2D eigenvalue weighted by molar-refractivity contribution is 5.96. The highest BCUT2D eigenvalue weighted by atomic mass is 16.3. The third kappa shape index (κ3) is 6.54. The summed E-state index contributed by atoms with van der Waals surface area (Å²) >= 11 is 0. The second-order valence-corrected chi connectivity index (χ2v) is 11.1. The first kappa shape index (κ1) is 27.2. The van der Waals surface area contributed by atoms with Crippen LogP contribution in [0.4, 0.5) is 0 Å². The summed E-state index contributed by atoms with van der Waals surface area (Å²) in [6.45, 7) is 18.2. The number of hydrogen-bond acceptors (Lipinski definition) is 4. The fourth-order valence-electron chi connectivity index (χ4n) is 6.06. The number of piperidine rings is 1. The molecule has 1 aliphatic heterocycles. The van der Waals surface area contributed by atoms with Gasteiger partial charge >= 0.3 is 0 Å². The number of nitrogens with one attached hydrogen (secondary N) is 1. The molecule has 1 aliphatic carbocycles. The summed E-state index contributed by atoms with van der Waals surface area (Å²) in [6, 6.07) is 5.91. The Kier molecular flexibility index (Phi) is 9.26. The van der Waals surface area contributed by atoms with E-state index in [0.717, 1.165) is 59.0 Å². The van der Waals surface area contributed by atoms with Crippen LogP contribution in [0.5, 0.6) is 5.75 Å². The summed E-state index contributed by atoms with van der Waals surface area (Å²) in [7, 11) is 0. The van der Waals surface area contributed by atoms with E-state index in [1.807, 2.05) is 12.1 Å². The van der Waals surface area contributed by atoms with Gasteiger partial charge in [0.05, 0.1) is 11.2 Å². The van der Waals surface area contributed by atoms with Crippen molar-refractivity contribution >= 4 is 22.2 Å². The molecule has 2 N–H and O–H groups in total. The zero-order chi connectivity index (χ0) is 26.4. The van der Waals surface area contributed by atoms with Gasteiger partial charge in [0.15, 0.2) is 0 Å². The predicted octanol–water partition coefficient (Wildman–Crippen LogP) is 7.85. The molecule has 1 saturated heterocycles. The Labute approximate surface area is 223 Å². The van der Waals surface area contributed by atoms with Gasteiger partial charge in [-0.25, -0.2) is 4.98 Å². The first-order valence-electron chi connectivity index (χ1n) is 14.2. The molecule has 37 heavy (non-hydrogen) atoms. The van der Waals surface area contributed by atoms with Crippen LogP contribution < -0.4 is 5.32 Å². The summed E-state index contributed by atoms with van der Waals surface area (Å²) in [5.41, 5.74) is 6.11. The predicted molar refractivity (Wildman–Crippen MR) is 158 cm³/mol. The maximum absolute atomic E-state index is 10.3. The Bertz CT molecular complexity index is 1160. The van der Waals surface area contributed by atoms with E-state index in [9.17, 15) is 5.11 Å². The highest BCUT2D eigenvalue weighted by Gasteiger charge is 2.26. The van der Waals surface area contributed by atoms with Crippen LogP contribution in [0, 0.1) is 11.8 Å². The van der Waals surface area contributed by atoms with Crippen LogP contribution in [0.2, 0.25) is 0 Å². The monoisotopic (exact) mass is 499 g/mol. The zero-order valence-corrected chi connectivity index (χ0v) is 23.1. The van der Waals surface area contributed by atoms with Gasteiger partial charge < -0.3 is 10.4 Å². The largest absolute Gasteiger partial charge is 0.508 e. The number of benzene rings is 1. The van der Waals surface area contributed by atoms with Gasteiger partial charge in [0.25, 0.3) is 0 Å². The molecule has 2 aromatic rings. The van der Waals surface area contributed by atoms with Crippen LogP contribution in [-0.2, 0) is 6.54 Å². The van der Waals surface area contributed by atoms with Crippen LogP contribution in [0.25, 0.3) is 22.2 Å².